The molecule has 0 amide bonds. The molecule has 4 aromatic rings. The fourth-order valence-corrected chi connectivity index (χ4v) is 9.85. The lowest BCUT2D eigenvalue weighted by Crippen LogP contribution is -2.44. The van der Waals surface area contributed by atoms with Gasteiger partial charge in [0.15, 0.2) is 0 Å². The number of hydrogen-bond acceptors (Lipinski definition) is 7. The molecule has 1 heterocycles. The number of carbonyl (C=O) groups is 2. The van der Waals surface area contributed by atoms with Gasteiger partial charge in [-0.25, -0.2) is 9.59 Å². The quantitative estimate of drug-likeness (QED) is 0.0255. The summed E-state index contributed by atoms with van der Waals surface area (Å²) in [6, 6.07) is 28.7. The summed E-state index contributed by atoms with van der Waals surface area (Å²) in [5.74, 6) is 1.41. The molecule has 0 saturated carbocycles. The van der Waals surface area contributed by atoms with E-state index in [1.54, 1.807) is 48.5 Å². The number of carbonyl (C=O) groups excluding carboxylic acids is 2. The molecule has 1 aliphatic rings. The van der Waals surface area contributed by atoms with Crippen molar-refractivity contribution in [3.05, 3.63) is 119 Å². The van der Waals surface area contributed by atoms with Crippen molar-refractivity contribution in [2.45, 2.75) is 219 Å². The number of benzene rings is 4. The maximum Gasteiger partial charge on any atom is 0.343 e. The average molecular weight is 959 g/mol. The Morgan fingerprint density at radius 2 is 0.643 bits per heavy atom. The van der Waals surface area contributed by atoms with Crippen LogP contribution in [0.3, 0.4) is 0 Å². The normalized spacial score (nSPS) is 16.9. The number of esters is 2. The molecule has 0 aliphatic carbocycles. The third-order valence-corrected chi connectivity index (χ3v) is 14.6. The zero-order valence-corrected chi connectivity index (χ0v) is 43.8. The standard InChI is InChI=1S/C62H88NO7/c1-5-7-9-11-13-15-17-19-21-23-25-27-29-49-67-55-39-31-51(32-40-55)59(64)69-57-43-35-53(36-44-57)61(3)47-48-62(4,63(61)66)54-37-45-58(46-38-54)70-60(65)52-33-41-56(42-34-52)68-50-30-28-26-24-22-20-18-16-14-12-10-8-6-2/h31-46H,5-30,47-50H2,1-4H3/t61-,62-/m0/s1. The van der Waals surface area contributed by atoms with Crippen molar-refractivity contribution in [1.82, 2.24) is 5.06 Å². The molecule has 1 aliphatic heterocycles. The van der Waals surface area contributed by atoms with Crippen molar-refractivity contribution in [2.75, 3.05) is 13.2 Å². The summed E-state index contributed by atoms with van der Waals surface area (Å²) in [6.45, 7) is 9.80. The summed E-state index contributed by atoms with van der Waals surface area (Å²) in [5, 5.41) is 15.4. The van der Waals surface area contributed by atoms with Gasteiger partial charge in [0.2, 0.25) is 0 Å². The van der Waals surface area contributed by atoms with E-state index in [-0.39, 0.29) is 0 Å². The van der Waals surface area contributed by atoms with Gasteiger partial charge >= 0.3 is 11.9 Å². The van der Waals surface area contributed by atoms with Crippen LogP contribution in [-0.4, -0.2) is 30.2 Å². The number of rotatable bonds is 36. The molecule has 0 unspecified atom stereocenters. The van der Waals surface area contributed by atoms with Gasteiger partial charge in [0, 0.05) is 0 Å². The molecule has 1 saturated heterocycles. The van der Waals surface area contributed by atoms with E-state index in [4.69, 9.17) is 18.9 Å². The molecule has 70 heavy (non-hydrogen) atoms. The first-order valence-corrected chi connectivity index (χ1v) is 27.7. The van der Waals surface area contributed by atoms with Crippen molar-refractivity contribution < 1.29 is 33.7 Å². The fourth-order valence-electron chi connectivity index (χ4n) is 9.85. The lowest BCUT2D eigenvalue weighted by Gasteiger charge is -2.37. The van der Waals surface area contributed by atoms with Crippen LogP contribution in [0.2, 0.25) is 0 Å². The van der Waals surface area contributed by atoms with Gasteiger partial charge in [-0.1, -0.05) is 192 Å². The smallest absolute Gasteiger partial charge is 0.343 e. The number of nitrogens with zero attached hydrogens (tertiary/aromatic N) is 1. The number of ether oxygens (including phenoxy) is 4. The van der Waals surface area contributed by atoms with Gasteiger partial charge in [-0.3, -0.25) is 0 Å². The second kappa shape index (κ2) is 31.6. The summed E-state index contributed by atoms with van der Waals surface area (Å²) in [7, 11) is 0. The lowest BCUT2D eigenvalue weighted by atomic mass is 9.89. The molecule has 0 N–H and O–H groups in total. The molecule has 8 heteroatoms. The van der Waals surface area contributed by atoms with Gasteiger partial charge in [0.05, 0.1) is 35.4 Å². The van der Waals surface area contributed by atoms with Gasteiger partial charge in [0.25, 0.3) is 0 Å². The Morgan fingerprint density at radius 3 is 0.929 bits per heavy atom. The third-order valence-electron chi connectivity index (χ3n) is 14.6. The maximum atomic E-state index is 14.2. The highest BCUT2D eigenvalue weighted by atomic mass is 16.5. The molecular weight excluding hydrogens is 871 g/mol. The van der Waals surface area contributed by atoms with Crippen LogP contribution in [-0.2, 0) is 16.3 Å². The van der Waals surface area contributed by atoms with Crippen molar-refractivity contribution in [3.8, 4) is 23.0 Å². The summed E-state index contributed by atoms with van der Waals surface area (Å²) in [5.41, 5.74) is 0.977. The van der Waals surface area contributed by atoms with Gasteiger partial charge in [-0.2, -0.15) is 0 Å². The molecule has 5 rings (SSSR count). The molecule has 4 aromatic carbocycles. The van der Waals surface area contributed by atoms with Crippen molar-refractivity contribution in [1.29, 1.82) is 0 Å². The fraction of sp³-hybridized carbons (Fsp3) is 0.581. The van der Waals surface area contributed by atoms with Crippen LogP contribution in [0, 0.1) is 0 Å². The van der Waals surface area contributed by atoms with Crippen LogP contribution in [0.4, 0.5) is 0 Å². The van der Waals surface area contributed by atoms with E-state index in [0.717, 1.165) is 35.5 Å². The van der Waals surface area contributed by atoms with Crippen molar-refractivity contribution in [2.24, 2.45) is 0 Å². The first-order valence-electron chi connectivity index (χ1n) is 27.7. The maximum absolute atomic E-state index is 14.2. The first-order chi connectivity index (χ1) is 34.2. The Bertz CT molecular complexity index is 1890. The molecule has 0 bridgehead atoms. The zero-order chi connectivity index (χ0) is 49.7. The Kier molecular flexibility index (Phi) is 25.4. The number of unbranched alkanes of at least 4 members (excludes halogenated alkanes) is 24. The molecule has 2 atom stereocenters. The summed E-state index contributed by atoms with van der Waals surface area (Å²) < 4.78 is 23.3. The third kappa shape index (κ3) is 18.8. The molecule has 383 valence electrons. The highest BCUT2D eigenvalue weighted by Crippen LogP contribution is 2.51. The largest absolute Gasteiger partial charge is 0.494 e. The second-order valence-electron chi connectivity index (χ2n) is 20.4. The average Bonchev–Trinajstić information content (AvgIpc) is 3.62. The molecule has 1 fully saturated rings. The molecular formula is C62H88NO7. The van der Waals surface area contributed by atoms with E-state index < -0.39 is 23.0 Å². The van der Waals surface area contributed by atoms with Crippen LogP contribution >= 0.6 is 0 Å². The minimum atomic E-state index is -0.798. The Balaban J connectivity index is 0.966. The van der Waals surface area contributed by atoms with Crippen LogP contribution in [0.1, 0.15) is 239 Å². The van der Waals surface area contributed by atoms with Crippen LogP contribution in [0.25, 0.3) is 0 Å². The van der Waals surface area contributed by atoms with E-state index in [9.17, 15) is 14.8 Å². The Hall–Kier alpha value is -4.66. The summed E-state index contributed by atoms with van der Waals surface area (Å²) in [6.07, 6.45) is 35.5. The highest BCUT2D eigenvalue weighted by Gasteiger charge is 2.52. The van der Waals surface area contributed by atoms with Gasteiger partial charge < -0.3 is 18.9 Å². The minimum absolute atomic E-state index is 0.410. The minimum Gasteiger partial charge on any atom is -0.494 e. The predicted molar refractivity (Wildman–Crippen MR) is 285 cm³/mol. The van der Waals surface area contributed by atoms with Crippen LogP contribution in [0.15, 0.2) is 97.1 Å². The first kappa shape index (κ1) is 56.3. The molecule has 1 radical (unpaired) electrons. The van der Waals surface area contributed by atoms with E-state index in [1.165, 1.54) is 159 Å². The molecule has 0 aromatic heterocycles. The number of hydrogen-bond donors (Lipinski definition) is 0. The van der Waals surface area contributed by atoms with Crippen LogP contribution < -0.4 is 18.9 Å². The van der Waals surface area contributed by atoms with Crippen molar-refractivity contribution >= 4 is 11.9 Å². The Labute approximate surface area is 423 Å². The Morgan fingerprint density at radius 1 is 0.386 bits per heavy atom. The second-order valence-corrected chi connectivity index (χ2v) is 20.4. The lowest BCUT2D eigenvalue weighted by molar-refractivity contribution is -0.260. The van der Waals surface area contributed by atoms with E-state index in [2.05, 4.69) is 13.8 Å². The number of hydroxylamine groups is 2. The molecule has 0 spiro atoms. The van der Waals surface area contributed by atoms with Crippen molar-refractivity contribution in [3.63, 3.8) is 0 Å². The van der Waals surface area contributed by atoms with E-state index in [0.29, 0.717) is 48.7 Å². The van der Waals surface area contributed by atoms with Gasteiger partial charge in [0.1, 0.15) is 23.0 Å². The highest BCUT2D eigenvalue weighted by molar-refractivity contribution is 5.91. The SMILES string of the molecule is CCCCCCCCCCCCCCCOc1ccc(C(=O)Oc2ccc([C@]3(C)CC[C@@](C)(c4ccc(OC(=O)c5ccc(OCCCCCCCCCCCCCCC)cc5)cc4)N3[O])cc2)cc1. The summed E-state index contributed by atoms with van der Waals surface area (Å²) in [4.78, 5) is 26.1. The predicted octanol–water partition coefficient (Wildman–Crippen LogP) is 17.6. The van der Waals surface area contributed by atoms with Gasteiger partial charge in [-0.15, -0.1) is 10.3 Å². The van der Waals surface area contributed by atoms with Crippen LogP contribution in [0.5, 0.6) is 23.0 Å². The van der Waals surface area contributed by atoms with E-state index in [1.807, 2.05) is 62.4 Å². The van der Waals surface area contributed by atoms with Gasteiger partial charge in [-0.05, 0) is 123 Å². The van der Waals surface area contributed by atoms with E-state index >= 15 is 0 Å². The topological polar surface area (TPSA) is 94.2 Å². The summed E-state index contributed by atoms with van der Waals surface area (Å²) >= 11 is 0. The zero-order valence-electron chi connectivity index (χ0n) is 43.8. The monoisotopic (exact) mass is 959 g/mol. The molecule has 8 nitrogen and oxygen atoms in total.